The molecule has 41 heavy (non-hydrogen) atoms. The third kappa shape index (κ3) is 4.09. The Labute approximate surface area is 239 Å². The minimum atomic E-state index is -0.216. The lowest BCUT2D eigenvalue weighted by Crippen LogP contribution is -2.51. The third-order valence-electron chi connectivity index (χ3n) is 10.2. The average Bonchev–Trinajstić information content (AvgIpc) is 3.74. The standard InChI is InChI=1S/C33H38FN5O2/c1-2-24-28(34)8-5-20-13-23(40)14-25(30(20)24)27-16-35-31-26(27)15-29(41-19-33-9-3-11-39(33)12-4-10-33)37-32(31)38-17-21-6-7-22(18-38)36-21/h5,8,13-16,21-22,35-36,40H,2-4,6-7,9-12,17-19H2,1H3. The number of benzene rings is 2. The molecule has 0 amide bonds. The van der Waals surface area contributed by atoms with Gasteiger partial charge in [0.1, 0.15) is 18.2 Å². The number of fused-ring (bicyclic) bond motifs is 5. The molecule has 4 fully saturated rings. The number of anilines is 1. The Morgan fingerprint density at radius 1 is 1.07 bits per heavy atom. The predicted octanol–water partition coefficient (Wildman–Crippen LogP) is 5.74. The number of aromatic nitrogens is 2. The average molecular weight is 556 g/mol. The molecule has 8 heteroatoms. The number of halogens is 1. The molecule has 0 spiro atoms. The lowest BCUT2D eigenvalue weighted by atomic mass is 9.92. The number of nitrogens with one attached hydrogen (secondary N) is 2. The van der Waals surface area contributed by atoms with Crippen LogP contribution in [0.25, 0.3) is 32.8 Å². The van der Waals surface area contributed by atoms with Crippen LogP contribution >= 0.6 is 0 Å². The Morgan fingerprint density at radius 2 is 1.85 bits per heavy atom. The smallest absolute Gasteiger partial charge is 0.216 e. The molecule has 2 unspecified atom stereocenters. The van der Waals surface area contributed by atoms with Crippen LogP contribution in [-0.4, -0.2) is 70.4 Å². The second-order valence-corrected chi connectivity index (χ2v) is 12.6. The fourth-order valence-electron chi connectivity index (χ4n) is 8.31. The van der Waals surface area contributed by atoms with Gasteiger partial charge >= 0.3 is 0 Å². The summed E-state index contributed by atoms with van der Waals surface area (Å²) in [4.78, 5) is 13.7. The van der Waals surface area contributed by atoms with Crippen LogP contribution in [-0.2, 0) is 6.42 Å². The first-order chi connectivity index (χ1) is 20.0. The summed E-state index contributed by atoms with van der Waals surface area (Å²) in [5, 5.41) is 17.1. The Balaban J connectivity index is 1.28. The van der Waals surface area contributed by atoms with Crippen molar-refractivity contribution in [2.45, 2.75) is 69.5 Å². The van der Waals surface area contributed by atoms with Crippen LogP contribution in [0, 0.1) is 5.82 Å². The van der Waals surface area contributed by atoms with Gasteiger partial charge in [0, 0.05) is 48.4 Å². The molecular formula is C33H38FN5O2. The van der Waals surface area contributed by atoms with Crippen LogP contribution in [0.5, 0.6) is 11.6 Å². The quantitative estimate of drug-likeness (QED) is 0.282. The fourth-order valence-corrected chi connectivity index (χ4v) is 8.31. The Bertz CT molecular complexity index is 1630. The van der Waals surface area contributed by atoms with E-state index in [1.54, 1.807) is 18.2 Å². The minimum Gasteiger partial charge on any atom is -0.508 e. The van der Waals surface area contributed by atoms with Crippen LogP contribution in [0.1, 0.15) is 51.0 Å². The van der Waals surface area contributed by atoms with E-state index in [1.807, 2.05) is 19.2 Å². The van der Waals surface area contributed by atoms with Gasteiger partial charge in [-0.2, -0.15) is 4.98 Å². The highest BCUT2D eigenvalue weighted by Crippen LogP contribution is 2.43. The maximum atomic E-state index is 15.0. The maximum Gasteiger partial charge on any atom is 0.216 e. The molecule has 4 aliphatic heterocycles. The molecule has 0 saturated carbocycles. The predicted molar refractivity (Wildman–Crippen MR) is 160 cm³/mol. The van der Waals surface area contributed by atoms with Gasteiger partial charge in [-0.1, -0.05) is 13.0 Å². The Kier molecular flexibility index (Phi) is 5.94. The SMILES string of the molecule is CCc1c(F)ccc2cc(O)cc(-c3c[nH]c4c(N5CC6CCC(C5)N6)nc(OCC56CCCN5CCC6)cc34)c12. The van der Waals surface area contributed by atoms with E-state index in [0.29, 0.717) is 36.6 Å². The van der Waals surface area contributed by atoms with Gasteiger partial charge in [-0.05, 0) is 98.1 Å². The normalized spacial score (nSPS) is 23.6. The largest absolute Gasteiger partial charge is 0.508 e. The van der Waals surface area contributed by atoms with Gasteiger partial charge in [-0.25, -0.2) is 4.39 Å². The molecule has 0 aliphatic carbocycles. The van der Waals surface area contributed by atoms with Crippen LogP contribution in [0.15, 0.2) is 36.5 Å². The fraction of sp³-hybridized carbons (Fsp3) is 0.485. The zero-order chi connectivity index (χ0) is 27.7. The first-order valence-electron chi connectivity index (χ1n) is 15.4. The summed E-state index contributed by atoms with van der Waals surface area (Å²) >= 11 is 0. The van der Waals surface area contributed by atoms with E-state index < -0.39 is 0 Å². The van der Waals surface area contributed by atoms with Gasteiger partial charge in [-0.3, -0.25) is 4.90 Å². The van der Waals surface area contributed by atoms with Gasteiger partial charge < -0.3 is 25.0 Å². The van der Waals surface area contributed by atoms with E-state index in [4.69, 9.17) is 9.72 Å². The number of phenolic OH excluding ortho intramolecular Hbond substituents is 1. The highest BCUT2D eigenvalue weighted by atomic mass is 19.1. The lowest BCUT2D eigenvalue weighted by Gasteiger charge is -2.34. The molecule has 2 atom stereocenters. The van der Waals surface area contributed by atoms with Crippen molar-refractivity contribution >= 4 is 27.5 Å². The van der Waals surface area contributed by atoms with E-state index >= 15 is 4.39 Å². The molecule has 6 heterocycles. The van der Waals surface area contributed by atoms with Crippen LogP contribution in [0.3, 0.4) is 0 Å². The number of H-pyrrole nitrogens is 1. The van der Waals surface area contributed by atoms with Gasteiger partial charge in [0.15, 0.2) is 5.82 Å². The molecule has 7 nitrogen and oxygen atoms in total. The molecule has 4 aliphatic rings. The first kappa shape index (κ1) is 25.4. The number of aryl methyl sites for hydroxylation is 1. The van der Waals surface area contributed by atoms with Crippen molar-refractivity contribution in [2.24, 2.45) is 0 Å². The van der Waals surface area contributed by atoms with Crippen molar-refractivity contribution in [3.63, 3.8) is 0 Å². The van der Waals surface area contributed by atoms with Crippen LogP contribution < -0.4 is 15.0 Å². The highest BCUT2D eigenvalue weighted by molar-refractivity contribution is 6.09. The number of phenols is 1. The second-order valence-electron chi connectivity index (χ2n) is 12.6. The Morgan fingerprint density at radius 3 is 2.61 bits per heavy atom. The second kappa shape index (κ2) is 9.60. The van der Waals surface area contributed by atoms with Crippen molar-refractivity contribution in [3.8, 4) is 22.8 Å². The molecule has 4 saturated heterocycles. The van der Waals surface area contributed by atoms with Crippen molar-refractivity contribution < 1.29 is 14.2 Å². The summed E-state index contributed by atoms with van der Waals surface area (Å²) in [6, 6.07) is 9.74. The number of hydrogen-bond acceptors (Lipinski definition) is 6. The van der Waals surface area contributed by atoms with Crippen molar-refractivity contribution in [3.05, 3.63) is 47.9 Å². The number of piperazine rings is 1. The molecule has 2 bridgehead atoms. The zero-order valence-corrected chi connectivity index (χ0v) is 23.7. The Hall–Kier alpha value is -3.36. The van der Waals surface area contributed by atoms with E-state index in [1.165, 1.54) is 44.6 Å². The molecule has 2 aromatic heterocycles. The van der Waals surface area contributed by atoms with E-state index in [9.17, 15) is 5.11 Å². The zero-order valence-electron chi connectivity index (χ0n) is 23.7. The van der Waals surface area contributed by atoms with E-state index in [2.05, 4.69) is 20.1 Å². The summed E-state index contributed by atoms with van der Waals surface area (Å²) in [7, 11) is 0. The number of aromatic hydroxyl groups is 1. The van der Waals surface area contributed by atoms with Gasteiger partial charge in [0.25, 0.3) is 0 Å². The van der Waals surface area contributed by atoms with Crippen molar-refractivity contribution in [2.75, 3.05) is 37.7 Å². The van der Waals surface area contributed by atoms with Crippen molar-refractivity contribution in [1.82, 2.24) is 20.2 Å². The highest BCUT2D eigenvalue weighted by Gasteiger charge is 2.45. The van der Waals surface area contributed by atoms with E-state index in [0.717, 1.165) is 64.8 Å². The number of hydrogen-bond donors (Lipinski definition) is 3. The summed E-state index contributed by atoms with van der Waals surface area (Å²) in [5.41, 5.74) is 3.50. The molecule has 8 rings (SSSR count). The number of rotatable bonds is 6. The minimum absolute atomic E-state index is 0.126. The molecule has 0 radical (unpaired) electrons. The van der Waals surface area contributed by atoms with Crippen LogP contribution in [0.4, 0.5) is 10.2 Å². The summed E-state index contributed by atoms with van der Waals surface area (Å²) in [6.07, 6.45) is 9.75. The number of pyridine rings is 1. The number of nitrogens with zero attached hydrogens (tertiary/aromatic N) is 3. The molecular weight excluding hydrogens is 517 g/mol. The topological polar surface area (TPSA) is 76.7 Å². The maximum absolute atomic E-state index is 15.0. The van der Waals surface area contributed by atoms with Crippen LogP contribution in [0.2, 0.25) is 0 Å². The summed E-state index contributed by atoms with van der Waals surface area (Å²) in [6.45, 7) is 6.77. The van der Waals surface area contributed by atoms with Gasteiger partial charge in [-0.15, -0.1) is 0 Å². The van der Waals surface area contributed by atoms with Gasteiger partial charge in [0.05, 0.1) is 11.1 Å². The number of aromatic amines is 1. The monoisotopic (exact) mass is 555 g/mol. The number of ether oxygens (including phenoxy) is 1. The third-order valence-corrected chi connectivity index (χ3v) is 10.2. The van der Waals surface area contributed by atoms with Crippen molar-refractivity contribution in [1.29, 1.82) is 0 Å². The molecule has 214 valence electrons. The molecule has 4 aromatic rings. The molecule has 2 aromatic carbocycles. The molecule has 3 N–H and O–H groups in total. The van der Waals surface area contributed by atoms with E-state index in [-0.39, 0.29) is 17.1 Å². The summed E-state index contributed by atoms with van der Waals surface area (Å²) in [5.74, 6) is 1.51. The summed E-state index contributed by atoms with van der Waals surface area (Å²) < 4.78 is 21.7. The van der Waals surface area contributed by atoms with Gasteiger partial charge in [0.2, 0.25) is 5.88 Å². The lowest BCUT2D eigenvalue weighted by molar-refractivity contribution is 0.111. The first-order valence-corrected chi connectivity index (χ1v) is 15.4.